The van der Waals surface area contributed by atoms with Crippen LogP contribution in [0.1, 0.15) is 44.9 Å². The molecule has 4 heteroatoms. The molecule has 1 heterocycles. The van der Waals surface area contributed by atoms with Gasteiger partial charge >= 0.3 is 0 Å². The molecule has 1 atom stereocenters. The van der Waals surface area contributed by atoms with E-state index in [9.17, 15) is 9.90 Å². The molecule has 92 valence electrons. The molecular formula is C12H22N2O2. The highest BCUT2D eigenvalue weighted by atomic mass is 16.3. The minimum Gasteiger partial charge on any atom is -0.394 e. The SMILES string of the molecule is NC1(C(=O)N2CCCC2CO)CCCCC1. The Bertz CT molecular complexity index is 262. The summed E-state index contributed by atoms with van der Waals surface area (Å²) in [7, 11) is 0. The van der Waals surface area contributed by atoms with E-state index >= 15 is 0 Å². The van der Waals surface area contributed by atoms with Gasteiger partial charge in [0, 0.05) is 6.54 Å². The molecule has 2 aliphatic rings. The fourth-order valence-electron chi connectivity index (χ4n) is 2.98. The molecule has 0 bridgehead atoms. The van der Waals surface area contributed by atoms with E-state index < -0.39 is 5.54 Å². The van der Waals surface area contributed by atoms with Gasteiger partial charge in [0.05, 0.1) is 18.2 Å². The maximum Gasteiger partial charge on any atom is 0.242 e. The second-order valence-electron chi connectivity index (χ2n) is 5.19. The summed E-state index contributed by atoms with van der Waals surface area (Å²) in [6, 6.07) is 0.00912. The number of carbonyl (C=O) groups is 1. The number of amides is 1. The van der Waals surface area contributed by atoms with Crippen molar-refractivity contribution < 1.29 is 9.90 Å². The van der Waals surface area contributed by atoms with Crippen molar-refractivity contribution in [3.63, 3.8) is 0 Å². The number of hydrogen-bond donors (Lipinski definition) is 2. The topological polar surface area (TPSA) is 66.6 Å². The monoisotopic (exact) mass is 226 g/mol. The summed E-state index contributed by atoms with van der Waals surface area (Å²) in [4.78, 5) is 14.2. The van der Waals surface area contributed by atoms with Crippen LogP contribution < -0.4 is 5.73 Å². The van der Waals surface area contributed by atoms with E-state index in [0.717, 1.165) is 45.1 Å². The highest BCUT2D eigenvalue weighted by molar-refractivity contribution is 5.86. The average Bonchev–Trinajstić information content (AvgIpc) is 2.77. The van der Waals surface area contributed by atoms with Crippen molar-refractivity contribution in [1.82, 2.24) is 4.90 Å². The fraction of sp³-hybridized carbons (Fsp3) is 0.917. The van der Waals surface area contributed by atoms with Crippen molar-refractivity contribution >= 4 is 5.91 Å². The molecule has 2 rings (SSSR count). The molecule has 2 fully saturated rings. The molecule has 1 amide bonds. The standard InChI is InChI=1S/C12H22N2O2/c13-12(6-2-1-3-7-12)11(16)14-8-4-5-10(14)9-15/h10,15H,1-9,13H2. The molecule has 3 N–H and O–H groups in total. The summed E-state index contributed by atoms with van der Waals surface area (Å²) in [6.07, 6.45) is 6.82. The smallest absolute Gasteiger partial charge is 0.242 e. The summed E-state index contributed by atoms with van der Waals surface area (Å²) < 4.78 is 0. The van der Waals surface area contributed by atoms with Gasteiger partial charge in [-0.05, 0) is 25.7 Å². The van der Waals surface area contributed by atoms with Gasteiger partial charge < -0.3 is 15.7 Å². The lowest BCUT2D eigenvalue weighted by molar-refractivity contribution is -0.139. The Morgan fingerprint density at radius 2 is 2.00 bits per heavy atom. The number of likely N-dealkylation sites (tertiary alicyclic amines) is 1. The highest BCUT2D eigenvalue weighted by Crippen LogP contribution is 2.30. The van der Waals surface area contributed by atoms with E-state index in [4.69, 9.17) is 5.73 Å². The zero-order valence-electron chi connectivity index (χ0n) is 9.82. The number of carbonyl (C=O) groups excluding carboxylic acids is 1. The first kappa shape index (κ1) is 11.9. The van der Waals surface area contributed by atoms with E-state index in [2.05, 4.69) is 0 Å². The first-order valence-corrected chi connectivity index (χ1v) is 6.38. The van der Waals surface area contributed by atoms with Gasteiger partial charge in [0.15, 0.2) is 0 Å². The predicted octanol–water partition coefficient (Wildman–Crippen LogP) is 0.631. The third-order valence-corrected chi connectivity index (χ3v) is 4.02. The van der Waals surface area contributed by atoms with Crippen LogP contribution in [0.15, 0.2) is 0 Å². The van der Waals surface area contributed by atoms with Gasteiger partial charge in [0.1, 0.15) is 0 Å². The second-order valence-corrected chi connectivity index (χ2v) is 5.19. The maximum atomic E-state index is 12.4. The van der Waals surface area contributed by atoms with Crippen molar-refractivity contribution in [1.29, 1.82) is 0 Å². The molecule has 0 aromatic heterocycles. The number of aliphatic hydroxyl groups is 1. The molecule has 0 aromatic carbocycles. The number of hydrogen-bond acceptors (Lipinski definition) is 3. The van der Waals surface area contributed by atoms with Crippen molar-refractivity contribution in [3.8, 4) is 0 Å². The molecule has 1 saturated heterocycles. The third kappa shape index (κ3) is 2.09. The van der Waals surface area contributed by atoms with Gasteiger partial charge in [-0.3, -0.25) is 4.79 Å². The highest BCUT2D eigenvalue weighted by Gasteiger charge is 2.41. The van der Waals surface area contributed by atoms with Crippen LogP contribution >= 0.6 is 0 Å². The lowest BCUT2D eigenvalue weighted by Gasteiger charge is -2.37. The van der Waals surface area contributed by atoms with Crippen molar-refractivity contribution in [2.75, 3.05) is 13.2 Å². The van der Waals surface area contributed by atoms with E-state index in [0.29, 0.717) is 0 Å². The van der Waals surface area contributed by atoms with Crippen LogP contribution in [0.3, 0.4) is 0 Å². The molecule has 1 unspecified atom stereocenters. The zero-order chi connectivity index (χ0) is 11.6. The van der Waals surface area contributed by atoms with Gasteiger partial charge in [0.25, 0.3) is 0 Å². The molecule has 0 aromatic rings. The average molecular weight is 226 g/mol. The summed E-state index contributed by atoms with van der Waals surface area (Å²) in [6.45, 7) is 0.838. The largest absolute Gasteiger partial charge is 0.394 e. The summed E-state index contributed by atoms with van der Waals surface area (Å²) in [5.74, 6) is 0.0729. The second kappa shape index (κ2) is 4.72. The van der Waals surface area contributed by atoms with E-state index in [1.54, 1.807) is 0 Å². The quantitative estimate of drug-likeness (QED) is 0.726. The van der Waals surface area contributed by atoms with Gasteiger partial charge in [-0.1, -0.05) is 19.3 Å². The van der Waals surface area contributed by atoms with Crippen LogP contribution in [-0.2, 0) is 4.79 Å². The predicted molar refractivity (Wildman–Crippen MR) is 61.8 cm³/mol. The van der Waals surface area contributed by atoms with Gasteiger partial charge in [-0.2, -0.15) is 0 Å². The minimum absolute atomic E-state index is 0.00912. The van der Waals surface area contributed by atoms with E-state index in [1.165, 1.54) is 6.42 Å². The van der Waals surface area contributed by atoms with Crippen molar-refractivity contribution in [2.45, 2.75) is 56.5 Å². The lowest BCUT2D eigenvalue weighted by Crippen LogP contribution is -2.57. The summed E-state index contributed by atoms with van der Waals surface area (Å²) in [5.41, 5.74) is 5.58. The third-order valence-electron chi connectivity index (χ3n) is 4.02. The van der Waals surface area contributed by atoms with Crippen molar-refractivity contribution in [3.05, 3.63) is 0 Å². The van der Waals surface area contributed by atoms with Crippen LogP contribution in [0.4, 0.5) is 0 Å². The van der Waals surface area contributed by atoms with Gasteiger partial charge in [0.2, 0.25) is 5.91 Å². The molecule has 4 nitrogen and oxygen atoms in total. The van der Waals surface area contributed by atoms with Crippen LogP contribution in [0.25, 0.3) is 0 Å². The Balaban J connectivity index is 2.05. The number of nitrogens with two attached hydrogens (primary N) is 1. The number of rotatable bonds is 2. The Morgan fingerprint density at radius 1 is 1.31 bits per heavy atom. The molecule has 16 heavy (non-hydrogen) atoms. The summed E-state index contributed by atoms with van der Waals surface area (Å²) >= 11 is 0. The van der Waals surface area contributed by atoms with Crippen molar-refractivity contribution in [2.24, 2.45) is 5.73 Å². The van der Waals surface area contributed by atoms with E-state index in [1.807, 2.05) is 4.90 Å². The Labute approximate surface area is 96.8 Å². The molecule has 1 aliphatic carbocycles. The Hall–Kier alpha value is -0.610. The maximum absolute atomic E-state index is 12.4. The van der Waals surface area contributed by atoms with Crippen LogP contribution in [-0.4, -0.2) is 40.6 Å². The fourth-order valence-corrected chi connectivity index (χ4v) is 2.98. The van der Waals surface area contributed by atoms with E-state index in [-0.39, 0.29) is 18.6 Å². The molecule has 1 saturated carbocycles. The first-order chi connectivity index (χ1) is 7.67. The van der Waals surface area contributed by atoms with Gasteiger partial charge in [-0.25, -0.2) is 0 Å². The minimum atomic E-state index is -0.643. The number of nitrogens with zero attached hydrogens (tertiary/aromatic N) is 1. The molecule has 0 spiro atoms. The van der Waals surface area contributed by atoms with Crippen LogP contribution in [0.5, 0.6) is 0 Å². The Morgan fingerprint density at radius 3 is 2.62 bits per heavy atom. The molecule has 0 radical (unpaired) electrons. The molecule has 1 aliphatic heterocycles. The summed E-state index contributed by atoms with van der Waals surface area (Å²) in [5, 5.41) is 9.23. The molecular weight excluding hydrogens is 204 g/mol. The van der Waals surface area contributed by atoms with Crippen LogP contribution in [0, 0.1) is 0 Å². The first-order valence-electron chi connectivity index (χ1n) is 6.38. The Kier molecular flexibility index (Phi) is 3.50. The zero-order valence-corrected chi connectivity index (χ0v) is 9.82. The number of aliphatic hydroxyl groups excluding tert-OH is 1. The van der Waals surface area contributed by atoms with Gasteiger partial charge in [-0.15, -0.1) is 0 Å². The van der Waals surface area contributed by atoms with Crippen LogP contribution in [0.2, 0.25) is 0 Å². The normalized spacial score (nSPS) is 29.4. The lowest BCUT2D eigenvalue weighted by atomic mass is 9.81.